The van der Waals surface area contributed by atoms with Crippen LogP contribution in [-0.2, 0) is 25.7 Å². The third-order valence-electron chi connectivity index (χ3n) is 5.35. The van der Waals surface area contributed by atoms with E-state index in [1.807, 2.05) is 0 Å². The number of nitro groups is 2. The molecule has 1 heterocycles. The quantitative estimate of drug-likeness (QED) is 0.365. The number of rotatable bonds is 7. The Bertz CT molecular complexity index is 1230. The summed E-state index contributed by atoms with van der Waals surface area (Å²) < 4.78 is 10.3. The van der Waals surface area contributed by atoms with Crippen molar-refractivity contribution in [3.63, 3.8) is 0 Å². The molecule has 0 saturated carbocycles. The largest absolute Gasteiger partial charge is 0.466 e. The molecule has 0 radical (unpaired) electrons. The molecular formula is C23H21N3O8. The van der Waals surface area contributed by atoms with Crippen molar-refractivity contribution in [3.05, 3.63) is 102 Å². The highest BCUT2D eigenvalue weighted by Crippen LogP contribution is 2.42. The molecule has 1 aliphatic rings. The number of hydrogen-bond donors (Lipinski definition) is 1. The zero-order valence-corrected chi connectivity index (χ0v) is 18.6. The predicted molar refractivity (Wildman–Crippen MR) is 119 cm³/mol. The molecule has 0 aromatic heterocycles. The summed E-state index contributed by atoms with van der Waals surface area (Å²) in [4.78, 5) is 47.3. The molecule has 1 atom stereocenters. The van der Waals surface area contributed by atoms with Crippen molar-refractivity contribution in [2.75, 3.05) is 7.11 Å². The fraction of sp³-hybridized carbons (Fsp3) is 0.217. The average Bonchev–Trinajstić information content (AvgIpc) is 2.81. The Morgan fingerprint density at radius 3 is 2.06 bits per heavy atom. The van der Waals surface area contributed by atoms with E-state index in [2.05, 4.69) is 5.32 Å². The van der Waals surface area contributed by atoms with Gasteiger partial charge >= 0.3 is 11.9 Å². The lowest BCUT2D eigenvalue weighted by atomic mass is 9.79. The number of ether oxygens (including phenoxy) is 2. The average molecular weight is 467 g/mol. The smallest absolute Gasteiger partial charge is 0.337 e. The van der Waals surface area contributed by atoms with Crippen molar-refractivity contribution in [3.8, 4) is 0 Å². The number of para-hydroxylation sites is 1. The van der Waals surface area contributed by atoms with Crippen LogP contribution < -0.4 is 5.32 Å². The summed E-state index contributed by atoms with van der Waals surface area (Å²) in [6.07, 6.45) is 0. The molecule has 176 valence electrons. The molecule has 3 rings (SSSR count). The normalized spacial score (nSPS) is 15.4. The number of allylic oxidation sites excluding steroid dienone is 2. The van der Waals surface area contributed by atoms with Crippen LogP contribution in [0.3, 0.4) is 0 Å². The van der Waals surface area contributed by atoms with E-state index in [0.29, 0.717) is 17.0 Å². The minimum absolute atomic E-state index is 0.0159. The lowest BCUT2D eigenvalue weighted by Crippen LogP contribution is -2.32. The molecule has 34 heavy (non-hydrogen) atoms. The first-order chi connectivity index (χ1) is 16.1. The maximum absolute atomic E-state index is 13.2. The zero-order chi connectivity index (χ0) is 25.0. The summed E-state index contributed by atoms with van der Waals surface area (Å²) in [5.41, 5.74) is 1.08. The SMILES string of the molecule is COC(=O)C1=C(C)NC(C)=C(C(=O)OCc2ccc([N+](=O)[O-])cc2)C1c1ccccc1[N+](=O)[O-]. The van der Waals surface area contributed by atoms with Gasteiger partial charge in [-0.15, -0.1) is 0 Å². The zero-order valence-electron chi connectivity index (χ0n) is 18.6. The molecule has 0 aliphatic carbocycles. The molecule has 2 aromatic rings. The Hall–Kier alpha value is -4.54. The summed E-state index contributed by atoms with van der Waals surface area (Å²) >= 11 is 0. The van der Waals surface area contributed by atoms with E-state index in [9.17, 15) is 29.8 Å². The fourth-order valence-corrected chi connectivity index (χ4v) is 3.79. The van der Waals surface area contributed by atoms with Crippen LogP contribution in [0.2, 0.25) is 0 Å². The number of nitrogens with zero attached hydrogens (tertiary/aromatic N) is 2. The standard InChI is InChI=1S/C23H21N3O8/c1-13-19(22(27)33-3)21(17-6-4-5-7-18(17)26(31)32)20(14(2)24-13)23(28)34-12-15-8-10-16(11-9-15)25(29)30/h4-11,21,24H,12H2,1-3H3. The Balaban J connectivity index is 2.02. The third kappa shape index (κ3) is 4.77. The summed E-state index contributed by atoms with van der Waals surface area (Å²) in [5, 5.41) is 25.5. The van der Waals surface area contributed by atoms with Crippen LogP contribution in [0.15, 0.2) is 71.1 Å². The van der Waals surface area contributed by atoms with Crippen molar-refractivity contribution < 1.29 is 28.9 Å². The number of nitro benzene ring substituents is 2. The van der Waals surface area contributed by atoms with Crippen LogP contribution >= 0.6 is 0 Å². The Morgan fingerprint density at radius 1 is 0.912 bits per heavy atom. The minimum atomic E-state index is -1.11. The van der Waals surface area contributed by atoms with Crippen LogP contribution in [0.1, 0.15) is 30.9 Å². The molecule has 0 fully saturated rings. The van der Waals surface area contributed by atoms with E-state index in [1.165, 1.54) is 49.6 Å². The maximum Gasteiger partial charge on any atom is 0.337 e. The van der Waals surface area contributed by atoms with Gasteiger partial charge in [-0.2, -0.15) is 0 Å². The maximum atomic E-state index is 13.2. The van der Waals surface area contributed by atoms with Crippen molar-refractivity contribution in [2.45, 2.75) is 26.4 Å². The molecule has 11 heteroatoms. The van der Waals surface area contributed by atoms with Gasteiger partial charge in [0.1, 0.15) is 6.61 Å². The van der Waals surface area contributed by atoms with Gasteiger partial charge < -0.3 is 14.8 Å². The van der Waals surface area contributed by atoms with Crippen LogP contribution in [0.4, 0.5) is 11.4 Å². The van der Waals surface area contributed by atoms with Gasteiger partial charge in [-0.3, -0.25) is 20.2 Å². The van der Waals surface area contributed by atoms with E-state index in [0.717, 1.165) is 0 Å². The van der Waals surface area contributed by atoms with E-state index in [1.54, 1.807) is 19.9 Å². The first-order valence-corrected chi connectivity index (χ1v) is 10.1. The molecule has 11 nitrogen and oxygen atoms in total. The number of carbonyl (C=O) groups excluding carboxylic acids is 2. The molecular weight excluding hydrogens is 446 g/mol. The highest BCUT2D eigenvalue weighted by Gasteiger charge is 2.40. The van der Waals surface area contributed by atoms with Crippen molar-refractivity contribution in [1.29, 1.82) is 0 Å². The van der Waals surface area contributed by atoms with Gasteiger partial charge in [0.2, 0.25) is 0 Å². The van der Waals surface area contributed by atoms with Crippen molar-refractivity contribution in [1.82, 2.24) is 5.32 Å². The van der Waals surface area contributed by atoms with Crippen LogP contribution in [0.25, 0.3) is 0 Å². The van der Waals surface area contributed by atoms with Crippen molar-refractivity contribution >= 4 is 23.3 Å². The molecule has 0 spiro atoms. The number of nitrogens with one attached hydrogen (secondary N) is 1. The highest BCUT2D eigenvalue weighted by molar-refractivity contribution is 6.00. The van der Waals surface area contributed by atoms with E-state index in [-0.39, 0.29) is 34.7 Å². The first kappa shape index (κ1) is 24.1. The number of non-ortho nitro benzene ring substituents is 1. The van der Waals surface area contributed by atoms with Gasteiger partial charge in [0.25, 0.3) is 11.4 Å². The second-order valence-corrected chi connectivity index (χ2v) is 7.44. The first-order valence-electron chi connectivity index (χ1n) is 10.1. The number of hydrogen-bond acceptors (Lipinski definition) is 9. The molecule has 1 N–H and O–H groups in total. The molecule has 0 saturated heterocycles. The molecule has 0 amide bonds. The highest BCUT2D eigenvalue weighted by atomic mass is 16.6. The summed E-state index contributed by atoms with van der Waals surface area (Å²) in [6.45, 7) is 3.01. The lowest BCUT2D eigenvalue weighted by molar-refractivity contribution is -0.385. The Kier molecular flexibility index (Phi) is 7.05. The predicted octanol–water partition coefficient (Wildman–Crippen LogP) is 3.65. The van der Waals surface area contributed by atoms with Gasteiger partial charge in [0.15, 0.2) is 0 Å². The van der Waals surface area contributed by atoms with E-state index >= 15 is 0 Å². The molecule has 2 aromatic carbocycles. The van der Waals surface area contributed by atoms with Crippen LogP contribution in [-0.4, -0.2) is 28.9 Å². The van der Waals surface area contributed by atoms with E-state index in [4.69, 9.17) is 9.47 Å². The number of dihydropyridines is 1. The monoisotopic (exact) mass is 467 g/mol. The topological polar surface area (TPSA) is 151 Å². The van der Waals surface area contributed by atoms with Gasteiger partial charge in [-0.05, 0) is 31.5 Å². The summed E-state index contributed by atoms with van der Waals surface area (Å²) in [5.74, 6) is -2.67. The minimum Gasteiger partial charge on any atom is -0.466 e. The molecule has 1 aliphatic heterocycles. The number of carbonyl (C=O) groups is 2. The third-order valence-corrected chi connectivity index (χ3v) is 5.35. The lowest BCUT2D eigenvalue weighted by Gasteiger charge is -2.30. The summed E-state index contributed by atoms with van der Waals surface area (Å²) in [6, 6.07) is 11.3. The van der Waals surface area contributed by atoms with Gasteiger partial charge in [-0.1, -0.05) is 18.2 Å². The van der Waals surface area contributed by atoms with Gasteiger partial charge in [0, 0.05) is 35.2 Å². The Morgan fingerprint density at radius 2 is 1.50 bits per heavy atom. The number of methoxy groups -OCH3 is 1. The Labute approximate surface area is 194 Å². The van der Waals surface area contributed by atoms with Gasteiger partial charge in [-0.25, -0.2) is 9.59 Å². The van der Waals surface area contributed by atoms with Crippen LogP contribution in [0.5, 0.6) is 0 Å². The van der Waals surface area contributed by atoms with Gasteiger partial charge in [0.05, 0.1) is 34.0 Å². The second-order valence-electron chi connectivity index (χ2n) is 7.44. The second kappa shape index (κ2) is 9.94. The van der Waals surface area contributed by atoms with Crippen molar-refractivity contribution in [2.24, 2.45) is 0 Å². The van der Waals surface area contributed by atoms with E-state index < -0.39 is 27.7 Å². The number of esters is 2. The number of benzene rings is 2. The van der Waals surface area contributed by atoms with Crippen LogP contribution in [0, 0.1) is 20.2 Å². The molecule has 0 bridgehead atoms. The molecule has 1 unspecified atom stereocenters. The summed E-state index contributed by atoms with van der Waals surface area (Å²) in [7, 11) is 1.18. The fourth-order valence-electron chi connectivity index (χ4n) is 3.79.